The molecule has 1 aliphatic rings. The first-order valence-corrected chi connectivity index (χ1v) is 9.35. The molecule has 1 aromatic heterocycles. The van der Waals surface area contributed by atoms with Crippen LogP contribution in [0.3, 0.4) is 0 Å². The highest BCUT2D eigenvalue weighted by atomic mass is 127. The van der Waals surface area contributed by atoms with E-state index in [0.29, 0.717) is 25.3 Å². The van der Waals surface area contributed by atoms with Crippen molar-refractivity contribution in [3.63, 3.8) is 0 Å². The van der Waals surface area contributed by atoms with Crippen LogP contribution in [0.15, 0.2) is 17.3 Å². The van der Waals surface area contributed by atoms with Crippen LogP contribution in [0.2, 0.25) is 0 Å². The van der Waals surface area contributed by atoms with Gasteiger partial charge in [0, 0.05) is 25.3 Å². The smallest absolute Gasteiger partial charge is 0.357 e. The lowest BCUT2D eigenvalue weighted by Crippen LogP contribution is -2.47. The van der Waals surface area contributed by atoms with Crippen LogP contribution in [-0.2, 0) is 6.18 Å². The Morgan fingerprint density at radius 1 is 1.20 bits per heavy atom. The zero-order chi connectivity index (χ0) is 21.5. The van der Waals surface area contributed by atoms with E-state index in [-0.39, 0.29) is 61.9 Å². The number of aliphatic imine (C=N–C) groups is 1. The minimum Gasteiger partial charge on any atom is -0.357 e. The van der Waals surface area contributed by atoms with Gasteiger partial charge < -0.3 is 16.0 Å². The Labute approximate surface area is 187 Å². The molecule has 172 valence electrons. The molecule has 0 amide bonds. The molecule has 1 aliphatic carbocycles. The minimum absolute atomic E-state index is 0. The molecule has 1 aromatic rings. The maximum absolute atomic E-state index is 12.9. The average Bonchev–Trinajstić information content (AvgIpc) is 2.64. The Balaban J connectivity index is 0.00000450. The summed E-state index contributed by atoms with van der Waals surface area (Å²) in [6.45, 7) is 2.68. The summed E-state index contributed by atoms with van der Waals surface area (Å²) in [5, 5.41) is 8.63. The maximum atomic E-state index is 12.9. The Bertz CT molecular complexity index is 681. The first-order chi connectivity index (χ1) is 13.6. The van der Waals surface area contributed by atoms with Crippen molar-refractivity contribution in [1.29, 1.82) is 0 Å². The van der Waals surface area contributed by atoms with Crippen molar-refractivity contribution in [3.05, 3.63) is 18.0 Å². The molecule has 0 spiro atoms. The van der Waals surface area contributed by atoms with Crippen molar-refractivity contribution in [2.24, 2.45) is 10.9 Å². The standard InChI is InChI=1S/C17H24F6N6.HI/c1-2-24-14(28-12-5-3-4-11(10-12)16(18,19)20)26-8-9-27-15-25-7-6-13(29-15)17(21,22)23;/h6-7,11-12H,2-5,8-10H2,1H3,(H2,24,26,28)(H,25,27,29);1H. The Hall–Kier alpha value is -1.54. The molecule has 2 unspecified atom stereocenters. The third-order valence-corrected chi connectivity index (χ3v) is 4.43. The number of nitrogens with zero attached hydrogens (tertiary/aromatic N) is 3. The topological polar surface area (TPSA) is 74.2 Å². The van der Waals surface area contributed by atoms with Gasteiger partial charge in [-0.2, -0.15) is 26.3 Å². The molecule has 3 N–H and O–H groups in total. The molecule has 13 heteroatoms. The fourth-order valence-corrected chi connectivity index (χ4v) is 3.07. The van der Waals surface area contributed by atoms with E-state index in [9.17, 15) is 26.3 Å². The number of alkyl halides is 6. The van der Waals surface area contributed by atoms with Crippen LogP contribution in [-0.4, -0.2) is 47.8 Å². The van der Waals surface area contributed by atoms with Gasteiger partial charge in [-0.15, -0.1) is 24.0 Å². The molecule has 0 radical (unpaired) electrons. The van der Waals surface area contributed by atoms with Crippen LogP contribution >= 0.6 is 24.0 Å². The summed E-state index contributed by atoms with van der Waals surface area (Å²) in [4.78, 5) is 11.4. The molecule has 0 aromatic carbocycles. The summed E-state index contributed by atoms with van der Waals surface area (Å²) in [5.41, 5.74) is -1.05. The van der Waals surface area contributed by atoms with E-state index >= 15 is 0 Å². The van der Waals surface area contributed by atoms with E-state index in [1.807, 2.05) is 6.92 Å². The number of hydrogen-bond donors (Lipinski definition) is 3. The number of anilines is 1. The summed E-state index contributed by atoms with van der Waals surface area (Å²) in [6, 6.07) is 0.433. The highest BCUT2D eigenvalue weighted by Crippen LogP contribution is 2.37. The summed E-state index contributed by atoms with van der Waals surface area (Å²) in [5.74, 6) is -1.13. The molecule has 0 aliphatic heterocycles. The van der Waals surface area contributed by atoms with Crippen molar-refractivity contribution < 1.29 is 26.3 Å². The monoisotopic (exact) mass is 554 g/mol. The zero-order valence-corrected chi connectivity index (χ0v) is 18.6. The number of nitrogens with one attached hydrogen (secondary N) is 3. The molecular formula is C17H25F6IN6. The van der Waals surface area contributed by atoms with Crippen LogP contribution in [0.25, 0.3) is 0 Å². The molecule has 6 nitrogen and oxygen atoms in total. The van der Waals surface area contributed by atoms with Crippen LogP contribution in [0.4, 0.5) is 32.3 Å². The molecule has 1 heterocycles. The number of hydrogen-bond acceptors (Lipinski definition) is 4. The lowest BCUT2D eigenvalue weighted by atomic mass is 9.85. The van der Waals surface area contributed by atoms with Gasteiger partial charge in [0.25, 0.3) is 0 Å². The summed E-state index contributed by atoms with van der Waals surface area (Å²) >= 11 is 0. The van der Waals surface area contributed by atoms with Crippen molar-refractivity contribution in [1.82, 2.24) is 20.6 Å². The zero-order valence-electron chi connectivity index (χ0n) is 16.3. The fourth-order valence-electron chi connectivity index (χ4n) is 3.07. The summed E-state index contributed by atoms with van der Waals surface area (Å²) in [7, 11) is 0. The van der Waals surface area contributed by atoms with Gasteiger partial charge in [-0.25, -0.2) is 9.97 Å². The Morgan fingerprint density at radius 3 is 2.57 bits per heavy atom. The van der Waals surface area contributed by atoms with Crippen molar-refractivity contribution in [2.75, 3.05) is 25.0 Å². The van der Waals surface area contributed by atoms with Crippen LogP contribution in [0.5, 0.6) is 0 Å². The summed E-state index contributed by atoms with van der Waals surface area (Å²) in [6.07, 6.45) is -6.53. The second-order valence-corrected chi connectivity index (χ2v) is 6.70. The SMILES string of the molecule is CCNC(=NCCNc1nccc(C(F)(F)F)n1)NC1CCCC(C(F)(F)F)C1.I. The largest absolute Gasteiger partial charge is 0.433 e. The first-order valence-electron chi connectivity index (χ1n) is 9.35. The van der Waals surface area contributed by atoms with Crippen LogP contribution < -0.4 is 16.0 Å². The number of aromatic nitrogens is 2. The van der Waals surface area contributed by atoms with E-state index in [0.717, 1.165) is 12.3 Å². The number of halogens is 7. The van der Waals surface area contributed by atoms with Crippen molar-refractivity contribution in [2.45, 2.75) is 51.0 Å². The van der Waals surface area contributed by atoms with E-state index in [1.54, 1.807) is 0 Å². The summed E-state index contributed by atoms with van der Waals surface area (Å²) < 4.78 is 76.8. The molecular weight excluding hydrogens is 529 g/mol. The molecule has 2 rings (SSSR count). The minimum atomic E-state index is -4.56. The highest BCUT2D eigenvalue weighted by Gasteiger charge is 2.42. The molecule has 30 heavy (non-hydrogen) atoms. The second kappa shape index (κ2) is 11.7. The van der Waals surface area contributed by atoms with E-state index in [2.05, 4.69) is 30.9 Å². The highest BCUT2D eigenvalue weighted by molar-refractivity contribution is 14.0. The molecule has 1 fully saturated rings. The van der Waals surface area contributed by atoms with Gasteiger partial charge in [0.05, 0.1) is 12.5 Å². The quantitative estimate of drug-likeness (QED) is 0.162. The van der Waals surface area contributed by atoms with Crippen LogP contribution in [0.1, 0.15) is 38.3 Å². The number of rotatable bonds is 6. The van der Waals surface area contributed by atoms with Gasteiger partial charge in [-0.05, 0) is 32.3 Å². The van der Waals surface area contributed by atoms with Gasteiger partial charge in [0.2, 0.25) is 5.95 Å². The first kappa shape index (κ1) is 26.5. The lowest BCUT2D eigenvalue weighted by Gasteiger charge is -2.31. The van der Waals surface area contributed by atoms with E-state index in [1.165, 1.54) is 0 Å². The number of guanidine groups is 1. The fraction of sp³-hybridized carbons (Fsp3) is 0.706. The Morgan fingerprint density at radius 2 is 1.93 bits per heavy atom. The Kier molecular flexibility index (Phi) is 10.4. The van der Waals surface area contributed by atoms with Gasteiger partial charge in [0.15, 0.2) is 5.96 Å². The normalized spacial score (nSPS) is 20.3. The molecule has 2 atom stereocenters. The van der Waals surface area contributed by atoms with Gasteiger partial charge in [-0.3, -0.25) is 4.99 Å². The average molecular weight is 554 g/mol. The third kappa shape index (κ3) is 8.68. The predicted octanol–water partition coefficient (Wildman–Crippen LogP) is 4.20. The molecule has 0 bridgehead atoms. The van der Waals surface area contributed by atoms with Gasteiger partial charge in [-0.1, -0.05) is 6.42 Å². The predicted molar refractivity (Wildman–Crippen MR) is 112 cm³/mol. The van der Waals surface area contributed by atoms with Gasteiger partial charge >= 0.3 is 12.4 Å². The molecule has 1 saturated carbocycles. The van der Waals surface area contributed by atoms with Crippen molar-refractivity contribution >= 4 is 35.9 Å². The van der Waals surface area contributed by atoms with E-state index in [4.69, 9.17) is 0 Å². The molecule has 0 saturated heterocycles. The lowest BCUT2D eigenvalue weighted by molar-refractivity contribution is -0.183. The third-order valence-electron chi connectivity index (χ3n) is 4.43. The van der Waals surface area contributed by atoms with Crippen molar-refractivity contribution in [3.8, 4) is 0 Å². The second-order valence-electron chi connectivity index (χ2n) is 6.70. The van der Waals surface area contributed by atoms with Crippen LogP contribution in [0, 0.1) is 5.92 Å². The maximum Gasteiger partial charge on any atom is 0.433 e. The van der Waals surface area contributed by atoms with E-state index < -0.39 is 24.0 Å². The van der Waals surface area contributed by atoms with Gasteiger partial charge in [0.1, 0.15) is 5.69 Å².